The molecular weight excluding hydrogens is 651 g/mol. The second kappa shape index (κ2) is 16.2. The molecule has 1 saturated heterocycles. The number of ether oxygens (including phenoxy) is 4. The van der Waals surface area contributed by atoms with Gasteiger partial charge < -0.3 is 23.5 Å². The summed E-state index contributed by atoms with van der Waals surface area (Å²) >= 11 is -0.270. The lowest BCUT2D eigenvalue weighted by atomic mass is 9.87. The van der Waals surface area contributed by atoms with Crippen molar-refractivity contribution in [2.45, 2.75) is 74.3 Å². The molecule has 8 atom stereocenters. The molecule has 0 saturated carbocycles. The molecule has 254 valence electrons. The molecule has 5 rings (SSSR count). The van der Waals surface area contributed by atoms with Crippen LogP contribution in [0, 0.1) is 5.92 Å². The number of allylic oxidation sites excluding steroid dienone is 1. The Labute approximate surface area is 289 Å². The molecule has 9 nitrogen and oxygen atoms in total. The zero-order valence-electron chi connectivity index (χ0n) is 27.4. The molecule has 0 amide bonds. The zero-order chi connectivity index (χ0) is 34.3. The van der Waals surface area contributed by atoms with Crippen molar-refractivity contribution in [3.63, 3.8) is 0 Å². The van der Waals surface area contributed by atoms with Crippen molar-refractivity contribution in [3.05, 3.63) is 120 Å². The quantitative estimate of drug-likeness (QED) is 0.109. The first-order valence-corrected chi connectivity index (χ1v) is 18.3. The molecule has 3 aromatic carbocycles. The van der Waals surface area contributed by atoms with Crippen LogP contribution in [0.2, 0.25) is 0 Å². The van der Waals surface area contributed by atoms with E-state index < -0.39 is 69.9 Å². The maximum absolute atomic E-state index is 13.8. The molecule has 48 heavy (non-hydrogen) atoms. The van der Waals surface area contributed by atoms with Gasteiger partial charge in [-0.1, -0.05) is 66.7 Å². The Morgan fingerprint density at radius 3 is 1.67 bits per heavy atom. The van der Waals surface area contributed by atoms with E-state index in [0.717, 1.165) is 12.8 Å². The van der Waals surface area contributed by atoms with Crippen LogP contribution in [0.1, 0.15) is 64.7 Å². The van der Waals surface area contributed by atoms with Crippen LogP contribution in [-0.2, 0) is 30.3 Å². The van der Waals surface area contributed by atoms with E-state index in [9.17, 15) is 18.9 Å². The minimum atomic E-state index is -1.54. The summed E-state index contributed by atoms with van der Waals surface area (Å²) in [6.45, 7) is 5.58. The van der Waals surface area contributed by atoms with E-state index in [1.807, 2.05) is 26.8 Å². The van der Waals surface area contributed by atoms with Gasteiger partial charge in [-0.3, -0.25) is 0 Å². The molecule has 0 spiro atoms. The highest BCUT2D eigenvalue weighted by Crippen LogP contribution is 2.39. The lowest BCUT2D eigenvalue weighted by Gasteiger charge is -2.47. The highest BCUT2D eigenvalue weighted by molar-refractivity contribution is 7.99. The number of hydrogen-bond acceptors (Lipinski definition) is 10. The van der Waals surface area contributed by atoms with E-state index in [-0.39, 0.29) is 17.0 Å². The summed E-state index contributed by atoms with van der Waals surface area (Å²) in [5.41, 5.74) is -0.00943. The summed E-state index contributed by atoms with van der Waals surface area (Å²) in [7, 11) is 0. The first-order valence-electron chi connectivity index (χ1n) is 15.9. The van der Waals surface area contributed by atoms with Crippen molar-refractivity contribution in [1.29, 1.82) is 0 Å². The van der Waals surface area contributed by atoms with E-state index in [2.05, 4.69) is 10.8 Å². The Morgan fingerprint density at radius 2 is 1.25 bits per heavy atom. The Bertz CT molecular complexity index is 1550. The molecule has 1 aliphatic heterocycles. The lowest BCUT2D eigenvalue weighted by Crippen LogP contribution is -2.67. The van der Waals surface area contributed by atoms with Crippen molar-refractivity contribution in [2.24, 2.45) is 5.92 Å². The third-order valence-corrected chi connectivity index (χ3v) is 10.6. The second-order valence-corrected chi connectivity index (χ2v) is 15.5. The number of hydrogen-bond donors (Lipinski definition) is 1. The molecule has 4 unspecified atom stereocenters. The topological polar surface area (TPSA) is 123 Å². The number of nitrogens with one attached hydrogen (secondary N) is 1. The monoisotopic (exact) mass is 691 g/mol. The Kier molecular flexibility index (Phi) is 12.0. The minimum absolute atomic E-state index is 0.143. The third kappa shape index (κ3) is 8.69. The van der Waals surface area contributed by atoms with Gasteiger partial charge in [0, 0.05) is 11.4 Å². The van der Waals surface area contributed by atoms with Crippen LogP contribution < -0.4 is 4.72 Å². The molecule has 11 heteroatoms. The van der Waals surface area contributed by atoms with Gasteiger partial charge in [0.25, 0.3) is 0 Å². The Balaban J connectivity index is 1.61. The van der Waals surface area contributed by atoms with E-state index in [0.29, 0.717) is 5.56 Å². The van der Waals surface area contributed by atoms with Crippen LogP contribution in [0.15, 0.2) is 103 Å². The highest BCUT2D eigenvalue weighted by Gasteiger charge is 2.56. The van der Waals surface area contributed by atoms with Crippen molar-refractivity contribution in [2.75, 3.05) is 6.26 Å². The fraction of sp³-hybridized carbons (Fsp3) is 0.378. The van der Waals surface area contributed by atoms with Crippen LogP contribution >= 0.6 is 11.8 Å². The summed E-state index contributed by atoms with van der Waals surface area (Å²) in [5.74, 6) is -2.16. The van der Waals surface area contributed by atoms with Crippen LogP contribution in [-0.4, -0.2) is 69.4 Å². The van der Waals surface area contributed by atoms with E-state index in [1.54, 1.807) is 97.3 Å². The predicted molar refractivity (Wildman–Crippen MR) is 186 cm³/mol. The normalized spacial score (nSPS) is 25.1. The highest BCUT2D eigenvalue weighted by atomic mass is 32.2. The first kappa shape index (κ1) is 35.7. The van der Waals surface area contributed by atoms with Crippen LogP contribution in [0.4, 0.5) is 0 Å². The summed E-state index contributed by atoms with van der Waals surface area (Å²) in [6.07, 6.45) is 2.71. The van der Waals surface area contributed by atoms with Gasteiger partial charge in [-0.25, -0.2) is 14.4 Å². The fourth-order valence-corrected chi connectivity index (χ4v) is 7.29. The number of benzene rings is 3. The average molecular weight is 692 g/mol. The van der Waals surface area contributed by atoms with Crippen molar-refractivity contribution in [3.8, 4) is 0 Å². The summed E-state index contributed by atoms with van der Waals surface area (Å²) in [5, 5.41) is 0. The standard InChI is InChI=1S/C37H41NO8S2/c1-37(2,3)48(42)38-28(24-16-14-15-17-24)29-30(43-33(39)25-18-8-5-9-19-25)31(44-34(40)26-20-10-6-11-21-26)32(36(46-29)47-4)45-35(41)27-22-12-7-13-23-27/h5-14,16,18-24,28-32,36,38H,15,17H2,1-4H3/t24-,28+,29+,30?,31?,32+,36?,48?/m0/s1. The third-order valence-electron chi connectivity index (χ3n) is 8.19. The second-order valence-electron chi connectivity index (χ2n) is 12.6. The van der Waals surface area contributed by atoms with Gasteiger partial charge >= 0.3 is 17.9 Å². The molecule has 1 N–H and O–H groups in total. The Hall–Kier alpha value is -3.61. The molecule has 1 heterocycles. The van der Waals surface area contributed by atoms with Gasteiger partial charge in [0.1, 0.15) is 16.3 Å². The molecule has 0 radical (unpaired) electrons. The zero-order valence-corrected chi connectivity index (χ0v) is 29.0. The van der Waals surface area contributed by atoms with Gasteiger partial charge in [-0.2, -0.15) is 0 Å². The SMILES string of the molecule is CSC1O[C@H]([C@H](N[S+]([O-])C(C)(C)C)[C@H]2C=CCC2)C(OC(=O)c2ccccc2)C(OC(=O)c2ccccc2)[C@H]1OC(=O)c1ccccc1. The maximum atomic E-state index is 13.8. The first-order chi connectivity index (χ1) is 23.1. The summed E-state index contributed by atoms with van der Waals surface area (Å²) in [6, 6.07) is 24.7. The van der Waals surface area contributed by atoms with E-state index in [4.69, 9.17) is 18.9 Å². The van der Waals surface area contributed by atoms with Gasteiger partial charge in [-0.05, 0) is 82.2 Å². The number of thioether (sulfide) groups is 1. The predicted octanol–water partition coefficient (Wildman–Crippen LogP) is 6.14. The van der Waals surface area contributed by atoms with Gasteiger partial charge in [0.05, 0.1) is 22.7 Å². The summed E-state index contributed by atoms with van der Waals surface area (Å²) < 4.78 is 41.6. The van der Waals surface area contributed by atoms with Crippen molar-refractivity contribution >= 4 is 41.0 Å². The molecule has 1 aliphatic carbocycles. The lowest BCUT2D eigenvalue weighted by molar-refractivity contribution is -0.207. The van der Waals surface area contributed by atoms with Gasteiger partial charge in [0.15, 0.2) is 18.3 Å². The van der Waals surface area contributed by atoms with Crippen LogP contribution in [0.3, 0.4) is 0 Å². The van der Waals surface area contributed by atoms with Crippen molar-refractivity contribution < 1.29 is 37.9 Å². The molecule has 0 bridgehead atoms. The Morgan fingerprint density at radius 1 is 0.792 bits per heavy atom. The van der Waals surface area contributed by atoms with E-state index >= 15 is 0 Å². The fourth-order valence-electron chi connectivity index (χ4n) is 5.66. The summed E-state index contributed by atoms with van der Waals surface area (Å²) in [4.78, 5) is 41.0. The number of esters is 3. The largest absolute Gasteiger partial charge is 0.598 e. The number of carbonyl (C=O) groups is 3. The van der Waals surface area contributed by atoms with Crippen molar-refractivity contribution in [1.82, 2.24) is 4.72 Å². The number of carbonyl (C=O) groups excluding carboxylic acids is 3. The molecule has 1 fully saturated rings. The number of rotatable bonds is 11. The average Bonchev–Trinajstić information content (AvgIpc) is 3.64. The molecule has 3 aromatic rings. The minimum Gasteiger partial charge on any atom is -0.598 e. The molecule has 0 aromatic heterocycles. The van der Waals surface area contributed by atoms with Crippen LogP contribution in [0.5, 0.6) is 0 Å². The molecular formula is C37H41NO8S2. The van der Waals surface area contributed by atoms with Gasteiger partial charge in [-0.15, -0.1) is 16.5 Å². The smallest absolute Gasteiger partial charge is 0.338 e. The van der Waals surface area contributed by atoms with Crippen LogP contribution in [0.25, 0.3) is 0 Å². The maximum Gasteiger partial charge on any atom is 0.338 e. The molecule has 2 aliphatic rings. The van der Waals surface area contributed by atoms with Gasteiger partial charge in [0.2, 0.25) is 0 Å². The van der Waals surface area contributed by atoms with E-state index in [1.165, 1.54) is 11.8 Å².